The molecule has 3 fully saturated rings. The minimum Gasteiger partial charge on any atom is -0.382 e. The molecule has 3 nitrogen and oxygen atoms in total. The van der Waals surface area contributed by atoms with Gasteiger partial charge in [-0.1, -0.05) is 24.3 Å². The Labute approximate surface area is 193 Å². The fraction of sp³-hybridized carbons (Fsp3) is 0.346. The summed E-state index contributed by atoms with van der Waals surface area (Å²) in [6.07, 6.45) is 3.64. The Hall–Kier alpha value is -2.84. The number of pyridine rings is 1. The summed E-state index contributed by atoms with van der Waals surface area (Å²) in [6.45, 7) is 4.34. The first-order chi connectivity index (χ1) is 16.3. The standard InChI is InChI=1S/C26H24F5N2O/c1-2-14-12-33(13-18-21(27)23(29)25(31)24(30)22(18)28)10-8-15(14)11-20(33)26(34)17-7-9-32-19-6-4-3-5-16(17)19/h2-7,9,14-15,20,26,34H,1,8,10-13H2/q+1/t14-,15-,20-,26+,33-/m0/s1. The van der Waals surface area contributed by atoms with Crippen LogP contribution in [0.3, 0.4) is 0 Å². The third-order valence-corrected chi connectivity index (χ3v) is 7.82. The SMILES string of the molecule is C=C[C@H]1C[N@+]2(Cc3c(F)c(F)c(F)c(F)c3F)CC[C@H]1C[C@H]2[C@H](O)c1ccnc2ccccc12. The fourth-order valence-electron chi connectivity index (χ4n) is 6.07. The van der Waals surface area contributed by atoms with Crippen molar-refractivity contribution in [3.63, 3.8) is 0 Å². The molecule has 2 bridgehead atoms. The lowest BCUT2D eigenvalue weighted by molar-refractivity contribution is -0.985. The lowest BCUT2D eigenvalue weighted by Crippen LogP contribution is -2.67. The molecule has 4 heterocycles. The van der Waals surface area contributed by atoms with Gasteiger partial charge in [-0.25, -0.2) is 22.0 Å². The van der Waals surface area contributed by atoms with Gasteiger partial charge in [-0.2, -0.15) is 0 Å². The van der Waals surface area contributed by atoms with Crippen LogP contribution in [0.2, 0.25) is 0 Å². The molecule has 0 saturated carbocycles. The van der Waals surface area contributed by atoms with Crippen molar-refractivity contribution < 1.29 is 31.5 Å². The Morgan fingerprint density at radius 2 is 1.71 bits per heavy atom. The summed E-state index contributed by atoms with van der Waals surface area (Å²) >= 11 is 0. The van der Waals surface area contributed by atoms with Crippen LogP contribution in [0.15, 0.2) is 49.2 Å². The number of fused-ring (bicyclic) bond motifs is 4. The quantitative estimate of drug-likeness (QED) is 0.172. The third kappa shape index (κ3) is 3.43. The molecule has 3 aromatic rings. The second kappa shape index (κ2) is 8.43. The van der Waals surface area contributed by atoms with Crippen LogP contribution in [0.4, 0.5) is 22.0 Å². The molecular weight excluding hydrogens is 451 g/mol. The van der Waals surface area contributed by atoms with Crippen molar-refractivity contribution in [2.45, 2.75) is 31.5 Å². The minimum atomic E-state index is -2.17. The third-order valence-electron chi connectivity index (χ3n) is 7.82. The average molecular weight is 475 g/mol. The Morgan fingerprint density at radius 1 is 1.03 bits per heavy atom. The maximum atomic E-state index is 14.7. The van der Waals surface area contributed by atoms with Crippen LogP contribution in [-0.4, -0.2) is 33.7 Å². The van der Waals surface area contributed by atoms with Gasteiger partial charge in [-0.3, -0.25) is 4.98 Å². The van der Waals surface area contributed by atoms with Crippen molar-refractivity contribution in [2.24, 2.45) is 11.8 Å². The Kier molecular flexibility index (Phi) is 5.68. The van der Waals surface area contributed by atoms with Gasteiger partial charge in [0, 0.05) is 30.3 Å². The molecule has 0 unspecified atom stereocenters. The normalized spacial score (nSPS) is 27.2. The van der Waals surface area contributed by atoms with E-state index in [0.717, 1.165) is 5.39 Å². The van der Waals surface area contributed by atoms with E-state index in [4.69, 9.17) is 0 Å². The maximum Gasteiger partial charge on any atom is 0.200 e. The zero-order valence-electron chi connectivity index (χ0n) is 18.3. The van der Waals surface area contributed by atoms with Crippen LogP contribution in [0, 0.1) is 40.9 Å². The molecule has 6 rings (SSSR count). The number of quaternary nitrogens is 1. The van der Waals surface area contributed by atoms with Gasteiger partial charge in [0.15, 0.2) is 23.3 Å². The topological polar surface area (TPSA) is 33.1 Å². The molecule has 5 atom stereocenters. The van der Waals surface area contributed by atoms with Gasteiger partial charge in [0.05, 0.1) is 24.2 Å². The summed E-state index contributed by atoms with van der Waals surface area (Å²) in [6, 6.07) is 8.57. The molecule has 3 saturated heterocycles. The zero-order chi connectivity index (χ0) is 24.2. The van der Waals surface area contributed by atoms with Crippen LogP contribution in [-0.2, 0) is 6.54 Å². The van der Waals surface area contributed by atoms with E-state index in [-0.39, 0.29) is 16.3 Å². The first-order valence-corrected chi connectivity index (χ1v) is 11.3. The molecule has 34 heavy (non-hydrogen) atoms. The Balaban J connectivity index is 1.61. The van der Waals surface area contributed by atoms with E-state index < -0.39 is 53.3 Å². The van der Waals surface area contributed by atoms with Crippen LogP contribution in [0.1, 0.15) is 30.1 Å². The van der Waals surface area contributed by atoms with Gasteiger partial charge in [-0.15, -0.1) is 6.58 Å². The average Bonchev–Trinajstić information content (AvgIpc) is 2.88. The van der Waals surface area contributed by atoms with Crippen molar-refractivity contribution in [2.75, 3.05) is 13.1 Å². The zero-order valence-corrected chi connectivity index (χ0v) is 18.3. The van der Waals surface area contributed by atoms with Crippen LogP contribution < -0.4 is 0 Å². The van der Waals surface area contributed by atoms with Crippen molar-refractivity contribution in [1.82, 2.24) is 4.98 Å². The molecule has 1 aromatic heterocycles. The van der Waals surface area contributed by atoms with Crippen molar-refractivity contribution in [3.8, 4) is 0 Å². The summed E-state index contributed by atoms with van der Waals surface area (Å²) in [5.74, 6) is -9.44. The number of hydrogen-bond acceptors (Lipinski definition) is 2. The molecule has 3 aliphatic rings. The second-order valence-electron chi connectivity index (χ2n) is 9.44. The molecule has 0 radical (unpaired) electrons. The van der Waals surface area contributed by atoms with E-state index in [1.54, 1.807) is 18.3 Å². The Morgan fingerprint density at radius 3 is 2.41 bits per heavy atom. The fourth-order valence-corrected chi connectivity index (χ4v) is 6.07. The van der Waals surface area contributed by atoms with E-state index in [9.17, 15) is 27.1 Å². The van der Waals surface area contributed by atoms with E-state index in [2.05, 4.69) is 11.6 Å². The van der Waals surface area contributed by atoms with E-state index >= 15 is 0 Å². The number of aliphatic hydroxyl groups is 1. The number of hydrogen-bond donors (Lipinski definition) is 1. The van der Waals surface area contributed by atoms with Crippen molar-refractivity contribution in [1.29, 1.82) is 0 Å². The van der Waals surface area contributed by atoms with E-state index in [1.807, 2.05) is 24.3 Å². The highest BCUT2D eigenvalue weighted by atomic mass is 19.2. The monoisotopic (exact) mass is 475 g/mol. The smallest absolute Gasteiger partial charge is 0.200 e. The number of aliphatic hydroxyl groups excluding tert-OH is 1. The van der Waals surface area contributed by atoms with E-state index in [1.165, 1.54) is 0 Å². The summed E-state index contributed by atoms with van der Waals surface area (Å²) < 4.78 is 71.1. The number of aromatic nitrogens is 1. The van der Waals surface area contributed by atoms with Crippen molar-refractivity contribution in [3.05, 3.63) is 89.4 Å². The lowest BCUT2D eigenvalue weighted by atomic mass is 9.71. The van der Waals surface area contributed by atoms with Gasteiger partial charge in [0.1, 0.15) is 18.7 Å². The number of benzene rings is 2. The van der Waals surface area contributed by atoms with E-state index in [0.29, 0.717) is 37.0 Å². The van der Waals surface area contributed by atoms with Crippen LogP contribution in [0.25, 0.3) is 10.9 Å². The molecule has 178 valence electrons. The molecular formula is C26H24F5N2O+. The molecule has 0 spiro atoms. The number of nitrogens with zero attached hydrogens (tertiary/aromatic N) is 2. The maximum absolute atomic E-state index is 14.7. The Bertz CT molecular complexity index is 1250. The van der Waals surface area contributed by atoms with Crippen molar-refractivity contribution >= 4 is 10.9 Å². The predicted octanol–water partition coefficient (Wildman–Crippen LogP) is 5.58. The largest absolute Gasteiger partial charge is 0.382 e. The predicted molar refractivity (Wildman–Crippen MR) is 117 cm³/mol. The van der Waals surface area contributed by atoms with Gasteiger partial charge in [0.25, 0.3) is 0 Å². The summed E-state index contributed by atoms with van der Waals surface area (Å²) in [5, 5.41) is 12.4. The summed E-state index contributed by atoms with van der Waals surface area (Å²) in [4.78, 5) is 4.33. The van der Waals surface area contributed by atoms with Crippen LogP contribution >= 0.6 is 0 Å². The summed E-state index contributed by atoms with van der Waals surface area (Å²) in [7, 11) is 0. The number of halogens is 5. The highest BCUT2D eigenvalue weighted by Gasteiger charge is 2.54. The van der Waals surface area contributed by atoms with Gasteiger partial charge in [-0.05, 0) is 23.6 Å². The van der Waals surface area contributed by atoms with Gasteiger partial charge >= 0.3 is 0 Å². The molecule has 8 heteroatoms. The number of rotatable bonds is 5. The second-order valence-corrected chi connectivity index (χ2v) is 9.44. The highest BCUT2D eigenvalue weighted by molar-refractivity contribution is 5.82. The van der Waals surface area contributed by atoms with Crippen LogP contribution in [0.5, 0.6) is 0 Å². The molecule has 1 N–H and O–H groups in total. The lowest BCUT2D eigenvalue weighted by Gasteiger charge is -2.58. The molecule has 0 amide bonds. The first-order valence-electron chi connectivity index (χ1n) is 11.3. The number of piperidine rings is 3. The molecule has 2 aromatic carbocycles. The van der Waals surface area contributed by atoms with Gasteiger partial charge < -0.3 is 9.59 Å². The minimum absolute atomic E-state index is 0.0172. The summed E-state index contributed by atoms with van der Waals surface area (Å²) in [5.41, 5.74) is 0.495. The number of para-hydroxylation sites is 1. The molecule has 0 aliphatic carbocycles. The first kappa shape index (κ1) is 22.9. The van der Waals surface area contributed by atoms with Gasteiger partial charge in [0.2, 0.25) is 5.82 Å². The molecule has 3 aliphatic heterocycles. The highest BCUT2D eigenvalue weighted by Crippen LogP contribution is 2.48.